The van der Waals surface area contributed by atoms with E-state index in [4.69, 9.17) is 0 Å². The van der Waals surface area contributed by atoms with Crippen LogP contribution in [0.2, 0.25) is 0 Å². The van der Waals surface area contributed by atoms with Crippen molar-refractivity contribution in [1.29, 1.82) is 0 Å². The van der Waals surface area contributed by atoms with Crippen LogP contribution in [0.3, 0.4) is 0 Å². The Hall–Kier alpha value is -1.36. The van der Waals surface area contributed by atoms with Crippen LogP contribution in [-0.2, 0) is 9.59 Å². The van der Waals surface area contributed by atoms with E-state index < -0.39 is 5.54 Å². The zero-order valence-electron chi connectivity index (χ0n) is 11.2. The quantitative estimate of drug-likeness (QED) is 0.907. The topological polar surface area (TPSA) is 49.4 Å². The van der Waals surface area contributed by atoms with E-state index in [1.165, 1.54) is 0 Å². The van der Waals surface area contributed by atoms with Crippen molar-refractivity contribution >= 4 is 27.7 Å². The molecule has 19 heavy (non-hydrogen) atoms. The molecule has 1 saturated heterocycles. The van der Waals surface area contributed by atoms with Crippen LogP contribution >= 0.6 is 15.9 Å². The van der Waals surface area contributed by atoms with Gasteiger partial charge in [-0.15, -0.1) is 0 Å². The van der Waals surface area contributed by atoms with Crippen molar-refractivity contribution in [3.8, 4) is 0 Å². The minimum absolute atomic E-state index is 0.0532. The van der Waals surface area contributed by atoms with Gasteiger partial charge in [0.05, 0.1) is 6.04 Å². The first-order valence-corrected chi connectivity index (χ1v) is 6.98. The third-order valence-electron chi connectivity index (χ3n) is 3.38. The number of benzene rings is 1. The predicted octanol–water partition coefficient (Wildman–Crippen LogP) is 2.25. The number of piperazine rings is 1. The number of amides is 2. The lowest BCUT2D eigenvalue weighted by atomic mass is 9.97. The standard InChI is InChI=1S/C14H17BrN2O2/c1-9(10-4-6-11(15)7-5-10)17-8-12(18)16-14(2,3)13(17)19/h4-7,9H,8H2,1-3H3,(H,16,18). The average Bonchev–Trinajstić information content (AvgIpc) is 2.33. The molecule has 102 valence electrons. The summed E-state index contributed by atoms with van der Waals surface area (Å²) in [7, 11) is 0. The van der Waals surface area contributed by atoms with Gasteiger partial charge in [0.2, 0.25) is 11.8 Å². The zero-order chi connectivity index (χ0) is 14.2. The highest BCUT2D eigenvalue weighted by atomic mass is 79.9. The monoisotopic (exact) mass is 324 g/mol. The molecule has 1 heterocycles. The maximum atomic E-state index is 12.4. The van der Waals surface area contributed by atoms with Gasteiger partial charge in [-0.25, -0.2) is 0 Å². The van der Waals surface area contributed by atoms with Crippen molar-refractivity contribution in [3.05, 3.63) is 34.3 Å². The Balaban J connectivity index is 2.27. The fourth-order valence-corrected chi connectivity index (χ4v) is 2.53. The third-order valence-corrected chi connectivity index (χ3v) is 3.91. The summed E-state index contributed by atoms with van der Waals surface area (Å²) in [5.74, 6) is -0.170. The van der Waals surface area contributed by atoms with Crippen molar-refractivity contribution in [2.75, 3.05) is 6.54 Å². The molecular weight excluding hydrogens is 308 g/mol. The SMILES string of the molecule is CC(c1ccc(Br)cc1)N1CC(=O)NC(C)(C)C1=O. The molecule has 0 aliphatic carbocycles. The van der Waals surface area contributed by atoms with Crippen LogP contribution in [0.1, 0.15) is 32.4 Å². The van der Waals surface area contributed by atoms with E-state index in [0.717, 1.165) is 10.0 Å². The van der Waals surface area contributed by atoms with Crippen molar-refractivity contribution in [1.82, 2.24) is 10.2 Å². The van der Waals surface area contributed by atoms with E-state index in [1.807, 2.05) is 31.2 Å². The van der Waals surface area contributed by atoms with Crippen molar-refractivity contribution in [3.63, 3.8) is 0 Å². The van der Waals surface area contributed by atoms with Crippen molar-refractivity contribution in [2.24, 2.45) is 0 Å². The predicted molar refractivity (Wildman–Crippen MR) is 76.5 cm³/mol. The van der Waals surface area contributed by atoms with Crippen LogP contribution in [0.5, 0.6) is 0 Å². The first-order chi connectivity index (χ1) is 8.81. The molecule has 1 aliphatic heterocycles. The van der Waals surface area contributed by atoms with E-state index >= 15 is 0 Å². The molecule has 2 amide bonds. The summed E-state index contributed by atoms with van der Waals surface area (Å²) in [6, 6.07) is 7.67. The number of hydrogen-bond donors (Lipinski definition) is 1. The highest BCUT2D eigenvalue weighted by Crippen LogP contribution is 2.26. The largest absolute Gasteiger partial charge is 0.341 e. The van der Waals surface area contributed by atoms with Crippen molar-refractivity contribution < 1.29 is 9.59 Å². The Morgan fingerprint density at radius 3 is 2.42 bits per heavy atom. The summed E-state index contributed by atoms with van der Waals surface area (Å²) in [6.45, 7) is 5.51. The minimum Gasteiger partial charge on any atom is -0.341 e. The molecule has 2 rings (SSSR count). The van der Waals surface area contributed by atoms with Crippen molar-refractivity contribution in [2.45, 2.75) is 32.4 Å². The number of halogens is 1. The molecule has 0 bridgehead atoms. The molecule has 4 nitrogen and oxygen atoms in total. The highest BCUT2D eigenvalue weighted by Gasteiger charge is 2.41. The van der Waals surface area contributed by atoms with Gasteiger partial charge in [-0.2, -0.15) is 0 Å². The number of nitrogens with one attached hydrogen (secondary N) is 1. The fourth-order valence-electron chi connectivity index (χ4n) is 2.26. The van der Waals surface area contributed by atoms with E-state index in [-0.39, 0.29) is 24.4 Å². The molecule has 5 heteroatoms. The molecule has 1 aromatic carbocycles. The van der Waals surface area contributed by atoms with Gasteiger partial charge in [-0.1, -0.05) is 28.1 Å². The highest BCUT2D eigenvalue weighted by molar-refractivity contribution is 9.10. The Kier molecular flexibility index (Phi) is 3.67. The van der Waals surface area contributed by atoms with Crippen LogP contribution in [0.25, 0.3) is 0 Å². The number of carbonyl (C=O) groups is 2. The fraction of sp³-hybridized carbons (Fsp3) is 0.429. The van der Waals surface area contributed by atoms with Gasteiger partial charge in [0.15, 0.2) is 0 Å². The van der Waals surface area contributed by atoms with Gasteiger partial charge in [0.1, 0.15) is 12.1 Å². The molecule has 0 aromatic heterocycles. The first-order valence-electron chi connectivity index (χ1n) is 6.19. The normalized spacial score (nSPS) is 20.1. The number of nitrogens with zero attached hydrogens (tertiary/aromatic N) is 1. The Morgan fingerprint density at radius 1 is 1.26 bits per heavy atom. The summed E-state index contributed by atoms with van der Waals surface area (Å²) < 4.78 is 0.992. The Bertz CT molecular complexity index is 511. The van der Waals surface area contributed by atoms with Gasteiger partial charge in [0, 0.05) is 4.47 Å². The third kappa shape index (κ3) is 2.81. The number of carbonyl (C=O) groups excluding carboxylic acids is 2. The molecule has 1 aromatic rings. The second-order valence-corrected chi connectivity index (χ2v) is 6.25. The van der Waals surface area contributed by atoms with E-state index in [9.17, 15) is 9.59 Å². The van der Waals surface area contributed by atoms with Gasteiger partial charge in [-0.3, -0.25) is 9.59 Å². The van der Waals surface area contributed by atoms with Gasteiger partial charge < -0.3 is 10.2 Å². The second kappa shape index (κ2) is 4.96. The molecule has 1 atom stereocenters. The lowest BCUT2D eigenvalue weighted by Gasteiger charge is -2.40. The van der Waals surface area contributed by atoms with E-state index in [1.54, 1.807) is 18.7 Å². The lowest BCUT2D eigenvalue weighted by Crippen LogP contribution is -2.64. The minimum atomic E-state index is -0.834. The van der Waals surface area contributed by atoms with E-state index in [2.05, 4.69) is 21.2 Å². The molecule has 1 N–H and O–H groups in total. The van der Waals surface area contributed by atoms with Crippen LogP contribution < -0.4 is 5.32 Å². The van der Waals surface area contributed by atoms with Gasteiger partial charge in [-0.05, 0) is 38.5 Å². The molecular formula is C14H17BrN2O2. The molecule has 0 spiro atoms. The smallest absolute Gasteiger partial charge is 0.248 e. The number of rotatable bonds is 2. The summed E-state index contributed by atoms with van der Waals surface area (Å²) in [6.07, 6.45) is 0. The lowest BCUT2D eigenvalue weighted by molar-refractivity contribution is -0.150. The maximum Gasteiger partial charge on any atom is 0.248 e. The maximum absolute atomic E-state index is 12.4. The summed E-state index contributed by atoms with van der Waals surface area (Å²) in [5, 5.41) is 2.71. The van der Waals surface area contributed by atoms with Crippen LogP contribution in [-0.4, -0.2) is 28.8 Å². The molecule has 0 radical (unpaired) electrons. The summed E-state index contributed by atoms with van der Waals surface area (Å²) >= 11 is 3.39. The van der Waals surface area contributed by atoms with Crippen LogP contribution in [0.15, 0.2) is 28.7 Å². The zero-order valence-corrected chi connectivity index (χ0v) is 12.8. The Labute approximate surface area is 121 Å². The van der Waals surface area contributed by atoms with Gasteiger partial charge in [0.25, 0.3) is 0 Å². The average molecular weight is 325 g/mol. The van der Waals surface area contributed by atoms with Crippen LogP contribution in [0, 0.1) is 0 Å². The molecule has 0 saturated carbocycles. The van der Waals surface area contributed by atoms with Gasteiger partial charge >= 0.3 is 0 Å². The summed E-state index contributed by atoms with van der Waals surface area (Å²) in [4.78, 5) is 25.7. The number of hydrogen-bond acceptors (Lipinski definition) is 2. The molecule has 1 aliphatic rings. The Morgan fingerprint density at radius 2 is 1.84 bits per heavy atom. The van der Waals surface area contributed by atoms with Crippen LogP contribution in [0.4, 0.5) is 0 Å². The second-order valence-electron chi connectivity index (χ2n) is 5.33. The molecule has 1 fully saturated rings. The summed E-state index contributed by atoms with van der Waals surface area (Å²) in [5.41, 5.74) is 0.181. The molecule has 1 unspecified atom stereocenters. The van der Waals surface area contributed by atoms with E-state index in [0.29, 0.717) is 0 Å². The first kappa shape index (κ1) is 14.1.